The van der Waals surface area contributed by atoms with Crippen LogP contribution in [0.5, 0.6) is 0 Å². The SMILES string of the molecule is CC[C@@H]1CCN(c2ccc3c(c2)Cn2cc(-c4ccc(F)cc4)cc2-c2ncnn2-3)C1.CN(C)C1CN(c2ccc3c(c2)Cn2cc(-c4ccc(C#N)cc4)cc2-c2nnnn2-3)C1.N#Cc1ccc(-c2cc3n(c2)Cc2cc(N4CCC(CN5CCCCC5)C4)ccc2-n2cnnc2-3)cc1. The lowest BCUT2D eigenvalue weighted by molar-refractivity contribution is 0.201. The Bertz CT molecular complexity index is 5080. The fourth-order valence-corrected chi connectivity index (χ4v) is 15.8. The first-order valence-electron chi connectivity index (χ1n) is 35.1. The van der Waals surface area contributed by atoms with Crippen LogP contribution in [0.25, 0.3) is 85.0 Å². The monoisotopic (exact) mass is 1320 g/mol. The van der Waals surface area contributed by atoms with Gasteiger partial charge in [0.1, 0.15) is 18.5 Å². The number of hydrogen-bond acceptors (Lipinski definition) is 14. The first-order valence-corrected chi connectivity index (χ1v) is 35.1. The molecule has 13 heterocycles. The Kier molecular flexibility index (Phi) is 16.3. The number of likely N-dealkylation sites (tertiary alicyclic amines) is 1. The van der Waals surface area contributed by atoms with Crippen molar-refractivity contribution in [3.8, 4) is 97.1 Å². The van der Waals surface area contributed by atoms with Crippen LogP contribution in [-0.4, -0.2) is 152 Å². The zero-order valence-electron chi connectivity index (χ0n) is 56.5. The number of tetrazole rings is 1. The summed E-state index contributed by atoms with van der Waals surface area (Å²) in [7, 11) is 4.27. The molecular formula is C79H77FN20. The van der Waals surface area contributed by atoms with Crippen LogP contribution in [-0.2, 0) is 19.6 Å². The standard InChI is InChI=1S/C30H31N7.C25H24FN5.C24H22N8/c31-16-22-4-6-24(7-5-22)25-15-29-30-33-32-21-37(30)28-9-8-27(14-26(28)20-36(29)19-25)35-13-10-23(18-35)17-34-11-2-1-3-12-34;1-2-17-9-10-29(13-17)22-7-8-23-20(11-22)15-30-14-19(18-3-5-21(26)6-4-18)12-24(30)25-27-16-28-31(23)25;1-29(2)21-14-30(15-21)20-7-8-22-19(9-20)13-31-12-18(17-5-3-16(11-25)4-6-17)10-23(31)24-26-27-28-32(22)24/h4-9,14-15,19,21,23H,1-3,10-13,17-18,20H2;3-8,11-12,14,16-17H,2,9-10,13,15H2,1H3;3-10,12,21H,13-15H2,1-2H3/t;17-;/m.1./s1. The lowest BCUT2D eigenvalue weighted by atomic mass is 10.0. The summed E-state index contributed by atoms with van der Waals surface area (Å²) in [5.74, 6) is 3.73. The van der Waals surface area contributed by atoms with Crippen LogP contribution in [0.4, 0.5) is 21.5 Å². The molecule has 7 aliphatic heterocycles. The summed E-state index contributed by atoms with van der Waals surface area (Å²) in [4.78, 5) is 17.0. The molecule has 21 heteroatoms. The zero-order chi connectivity index (χ0) is 67.5. The second-order valence-electron chi connectivity index (χ2n) is 28.0. The van der Waals surface area contributed by atoms with Crippen molar-refractivity contribution < 1.29 is 4.39 Å². The van der Waals surface area contributed by atoms with E-state index in [-0.39, 0.29) is 5.82 Å². The molecule has 7 aliphatic rings. The quantitative estimate of drug-likeness (QED) is 0.126. The lowest BCUT2D eigenvalue weighted by Gasteiger charge is -2.44. The molecule has 1 unspecified atom stereocenters. The average molecular weight is 1330 g/mol. The normalized spacial score (nSPS) is 17.2. The van der Waals surface area contributed by atoms with Crippen LogP contribution in [0.15, 0.2) is 177 Å². The minimum atomic E-state index is -0.224. The third-order valence-corrected chi connectivity index (χ3v) is 21.5. The molecule has 0 amide bonds. The van der Waals surface area contributed by atoms with Gasteiger partial charge in [-0.1, -0.05) is 56.2 Å². The summed E-state index contributed by atoms with van der Waals surface area (Å²) in [5, 5.41) is 44.1. The van der Waals surface area contributed by atoms with E-state index >= 15 is 0 Å². The molecule has 0 aliphatic carbocycles. The fourth-order valence-electron chi connectivity index (χ4n) is 15.8. The number of nitrogens with zero attached hydrogens (tertiary/aromatic N) is 20. The number of nitriles is 2. The van der Waals surface area contributed by atoms with Crippen molar-refractivity contribution in [3.63, 3.8) is 0 Å². The zero-order valence-corrected chi connectivity index (χ0v) is 56.5. The van der Waals surface area contributed by atoms with E-state index in [1.54, 1.807) is 6.33 Å². The molecule has 6 aromatic carbocycles. The van der Waals surface area contributed by atoms with Gasteiger partial charge in [-0.2, -0.15) is 20.3 Å². The second kappa shape index (κ2) is 26.2. The van der Waals surface area contributed by atoms with Gasteiger partial charge in [-0.25, -0.2) is 14.1 Å². The summed E-state index contributed by atoms with van der Waals surface area (Å²) < 4.78 is 26.0. The second-order valence-corrected chi connectivity index (χ2v) is 28.0. The van der Waals surface area contributed by atoms with Gasteiger partial charge in [-0.15, -0.1) is 15.3 Å². The highest BCUT2D eigenvalue weighted by Gasteiger charge is 2.33. The highest BCUT2D eigenvalue weighted by atomic mass is 19.1. The number of benzene rings is 6. The predicted molar refractivity (Wildman–Crippen MR) is 386 cm³/mol. The van der Waals surface area contributed by atoms with Crippen molar-refractivity contribution in [1.29, 1.82) is 10.5 Å². The van der Waals surface area contributed by atoms with Gasteiger partial charge in [0.2, 0.25) is 5.82 Å². The van der Waals surface area contributed by atoms with Crippen molar-refractivity contribution in [3.05, 3.63) is 210 Å². The van der Waals surface area contributed by atoms with E-state index < -0.39 is 0 Å². The lowest BCUT2D eigenvalue weighted by Crippen LogP contribution is -2.57. The van der Waals surface area contributed by atoms with Gasteiger partial charge in [-0.05, 0) is 218 Å². The Hall–Kier alpha value is -11.3. The number of hydrogen-bond donors (Lipinski definition) is 0. The van der Waals surface area contributed by atoms with Gasteiger partial charge < -0.3 is 38.2 Å². The van der Waals surface area contributed by atoms with Crippen molar-refractivity contribution in [2.24, 2.45) is 11.8 Å². The summed E-state index contributed by atoms with van der Waals surface area (Å²) in [6.45, 7) is 14.9. The fraction of sp³-hybridized carbons (Fsp3) is 0.304. The summed E-state index contributed by atoms with van der Waals surface area (Å²) in [6, 6.07) is 53.6. The maximum absolute atomic E-state index is 13.4. The number of likely N-dealkylation sites (N-methyl/N-ethyl adjacent to an activating group) is 1. The van der Waals surface area contributed by atoms with Gasteiger partial charge in [-0.3, -0.25) is 4.57 Å². The predicted octanol–water partition coefficient (Wildman–Crippen LogP) is 12.9. The molecule has 0 saturated carbocycles. The molecule has 0 spiro atoms. The van der Waals surface area contributed by atoms with Crippen LogP contribution in [0.1, 0.15) is 73.3 Å². The van der Waals surface area contributed by atoms with Crippen LogP contribution < -0.4 is 14.7 Å². The molecule has 19 rings (SSSR count). The van der Waals surface area contributed by atoms with E-state index in [0.29, 0.717) is 17.2 Å². The van der Waals surface area contributed by atoms with Gasteiger partial charge >= 0.3 is 0 Å². The third-order valence-electron chi connectivity index (χ3n) is 21.5. The maximum Gasteiger partial charge on any atom is 0.203 e. The molecule has 0 radical (unpaired) electrons. The Labute approximate surface area is 580 Å². The van der Waals surface area contributed by atoms with E-state index in [1.807, 2.05) is 76.4 Å². The minimum Gasteiger partial charge on any atom is -0.371 e. The van der Waals surface area contributed by atoms with Gasteiger partial charge in [0, 0.05) is 124 Å². The maximum atomic E-state index is 13.4. The molecule has 500 valence electrons. The van der Waals surface area contributed by atoms with Crippen molar-refractivity contribution in [2.75, 3.05) is 87.7 Å². The number of fused-ring (bicyclic) bond motifs is 15. The third kappa shape index (κ3) is 11.9. The van der Waals surface area contributed by atoms with Gasteiger partial charge in [0.05, 0.1) is 57.4 Å². The molecule has 0 bridgehead atoms. The largest absolute Gasteiger partial charge is 0.371 e. The number of anilines is 3. The van der Waals surface area contributed by atoms with Crippen LogP contribution in [0.3, 0.4) is 0 Å². The smallest absolute Gasteiger partial charge is 0.203 e. The van der Waals surface area contributed by atoms with E-state index in [1.165, 1.54) is 104 Å². The molecule has 100 heavy (non-hydrogen) atoms. The molecule has 4 saturated heterocycles. The van der Waals surface area contributed by atoms with E-state index in [9.17, 15) is 4.39 Å². The minimum absolute atomic E-state index is 0.224. The molecule has 12 aromatic rings. The first kappa shape index (κ1) is 62.3. The van der Waals surface area contributed by atoms with Crippen molar-refractivity contribution in [1.82, 2.24) is 73.2 Å². The topological polar surface area (TPSA) is 184 Å². The van der Waals surface area contributed by atoms with E-state index in [4.69, 9.17) is 10.5 Å². The molecule has 4 fully saturated rings. The Morgan fingerprint density at radius 3 is 1.58 bits per heavy atom. The van der Waals surface area contributed by atoms with Crippen LogP contribution >= 0.6 is 0 Å². The molecule has 6 aromatic heterocycles. The Morgan fingerprint density at radius 1 is 0.510 bits per heavy atom. The summed E-state index contributed by atoms with van der Waals surface area (Å²) in [6.07, 6.45) is 17.8. The number of aromatic nitrogens is 13. The Morgan fingerprint density at radius 2 is 1.02 bits per heavy atom. The number of rotatable bonds is 10. The Balaban J connectivity index is 0.000000113. The van der Waals surface area contributed by atoms with Crippen LogP contribution in [0, 0.1) is 40.3 Å². The molecular weight excluding hydrogens is 1250 g/mol. The average Bonchev–Trinajstić information content (AvgIpc) is 1.60. The number of piperidine rings is 1. The number of halogens is 1. The van der Waals surface area contributed by atoms with E-state index in [0.717, 1.165) is 156 Å². The van der Waals surface area contributed by atoms with Gasteiger partial charge in [0.25, 0.3) is 0 Å². The van der Waals surface area contributed by atoms with Crippen molar-refractivity contribution in [2.45, 2.75) is 71.1 Å². The molecule has 20 nitrogen and oxygen atoms in total. The highest BCUT2D eigenvalue weighted by Crippen LogP contribution is 2.40. The highest BCUT2D eigenvalue weighted by molar-refractivity contribution is 5.76. The first-order chi connectivity index (χ1) is 49.0. The van der Waals surface area contributed by atoms with Crippen molar-refractivity contribution >= 4 is 17.1 Å². The van der Waals surface area contributed by atoms with Crippen LogP contribution in [0.2, 0.25) is 0 Å². The molecule has 0 N–H and O–H groups in total. The van der Waals surface area contributed by atoms with E-state index in [2.05, 4.69) is 203 Å². The molecule has 2 atom stereocenters. The summed E-state index contributed by atoms with van der Waals surface area (Å²) in [5.41, 5.74) is 21.5. The summed E-state index contributed by atoms with van der Waals surface area (Å²) >= 11 is 0. The van der Waals surface area contributed by atoms with Gasteiger partial charge in [0.15, 0.2) is 11.6 Å².